The number of rotatable bonds is 1. The molecule has 1 heterocycles. The standard InChI is InChI=1S/C16H27NO5/c1-11-10-12(8-9-20-11)17(13(18)21-15(2,3)4)14(19)22-16(5,6)7/h8-9,11-12H,10H2,1-7H3/t11-,12-/m1/s1. The van der Waals surface area contributed by atoms with Crippen LogP contribution in [0.25, 0.3) is 0 Å². The molecule has 2 atom stereocenters. The summed E-state index contributed by atoms with van der Waals surface area (Å²) in [5.74, 6) is 0. The van der Waals surface area contributed by atoms with E-state index >= 15 is 0 Å². The van der Waals surface area contributed by atoms with Gasteiger partial charge in [-0.3, -0.25) is 0 Å². The summed E-state index contributed by atoms with van der Waals surface area (Å²) in [5, 5.41) is 0. The normalized spacial score (nSPS) is 21.8. The van der Waals surface area contributed by atoms with Crippen molar-refractivity contribution in [2.75, 3.05) is 0 Å². The van der Waals surface area contributed by atoms with Crippen LogP contribution in [-0.4, -0.2) is 40.4 Å². The number of imide groups is 1. The van der Waals surface area contributed by atoms with Crippen molar-refractivity contribution in [3.63, 3.8) is 0 Å². The van der Waals surface area contributed by atoms with Gasteiger partial charge in [-0.05, 0) is 54.5 Å². The molecule has 1 rings (SSSR count). The number of hydrogen-bond donors (Lipinski definition) is 0. The minimum absolute atomic E-state index is 0.0950. The molecule has 6 nitrogen and oxygen atoms in total. The van der Waals surface area contributed by atoms with Crippen molar-refractivity contribution in [1.29, 1.82) is 0 Å². The predicted octanol–water partition coefficient (Wildman–Crippen LogP) is 3.85. The van der Waals surface area contributed by atoms with Crippen molar-refractivity contribution in [2.24, 2.45) is 0 Å². The van der Waals surface area contributed by atoms with E-state index < -0.39 is 29.4 Å². The van der Waals surface area contributed by atoms with E-state index in [0.29, 0.717) is 6.42 Å². The molecule has 1 aliphatic heterocycles. The average molecular weight is 313 g/mol. The van der Waals surface area contributed by atoms with Gasteiger partial charge in [0.1, 0.15) is 11.2 Å². The smallest absolute Gasteiger partial charge is 0.420 e. The first-order valence-electron chi connectivity index (χ1n) is 7.46. The van der Waals surface area contributed by atoms with Crippen molar-refractivity contribution in [3.05, 3.63) is 12.3 Å². The number of carbonyl (C=O) groups excluding carboxylic acids is 2. The molecule has 0 aliphatic carbocycles. The van der Waals surface area contributed by atoms with Gasteiger partial charge in [-0.1, -0.05) is 0 Å². The Balaban J connectivity index is 2.99. The molecular weight excluding hydrogens is 286 g/mol. The van der Waals surface area contributed by atoms with Gasteiger partial charge in [-0.2, -0.15) is 0 Å². The summed E-state index contributed by atoms with van der Waals surface area (Å²) in [6.07, 6.45) is 2.13. The Hall–Kier alpha value is -1.72. The quantitative estimate of drug-likeness (QED) is 0.735. The molecule has 0 aromatic rings. The second-order valence-corrected chi connectivity index (χ2v) is 7.41. The second-order valence-electron chi connectivity index (χ2n) is 7.41. The predicted molar refractivity (Wildman–Crippen MR) is 82.4 cm³/mol. The Morgan fingerprint density at radius 2 is 1.50 bits per heavy atom. The Bertz CT molecular complexity index is 416. The molecule has 0 spiro atoms. The molecule has 0 saturated heterocycles. The van der Waals surface area contributed by atoms with Crippen LogP contribution in [0.15, 0.2) is 12.3 Å². The lowest BCUT2D eigenvalue weighted by molar-refractivity contribution is -0.00976. The minimum Gasteiger partial charge on any atom is -0.498 e. The van der Waals surface area contributed by atoms with Gasteiger partial charge in [-0.25, -0.2) is 14.5 Å². The zero-order chi connectivity index (χ0) is 17.1. The Labute approximate surface area is 132 Å². The number of ether oxygens (including phenoxy) is 3. The Kier molecular flexibility index (Phi) is 5.49. The molecular formula is C16H27NO5. The van der Waals surface area contributed by atoms with Crippen LogP contribution in [-0.2, 0) is 14.2 Å². The molecule has 0 saturated carbocycles. The fourth-order valence-corrected chi connectivity index (χ4v) is 1.90. The fourth-order valence-electron chi connectivity index (χ4n) is 1.90. The van der Waals surface area contributed by atoms with Crippen LogP contribution in [0.3, 0.4) is 0 Å². The Morgan fingerprint density at radius 3 is 1.86 bits per heavy atom. The highest BCUT2D eigenvalue weighted by Crippen LogP contribution is 2.22. The van der Waals surface area contributed by atoms with E-state index in [1.807, 2.05) is 6.92 Å². The summed E-state index contributed by atoms with van der Waals surface area (Å²) in [6.45, 7) is 12.4. The molecule has 126 valence electrons. The summed E-state index contributed by atoms with van der Waals surface area (Å²) < 4.78 is 16.0. The van der Waals surface area contributed by atoms with E-state index in [4.69, 9.17) is 14.2 Å². The molecule has 1 aliphatic rings. The van der Waals surface area contributed by atoms with Gasteiger partial charge in [0.15, 0.2) is 0 Å². The van der Waals surface area contributed by atoms with Crippen molar-refractivity contribution in [2.45, 2.75) is 78.2 Å². The summed E-state index contributed by atoms with van der Waals surface area (Å²) in [7, 11) is 0. The molecule has 0 fully saturated rings. The molecule has 2 amide bonds. The van der Waals surface area contributed by atoms with Gasteiger partial charge >= 0.3 is 12.2 Å². The first kappa shape index (κ1) is 18.3. The zero-order valence-corrected chi connectivity index (χ0v) is 14.5. The van der Waals surface area contributed by atoms with E-state index in [-0.39, 0.29) is 6.10 Å². The molecule has 0 bridgehead atoms. The van der Waals surface area contributed by atoms with Crippen LogP contribution >= 0.6 is 0 Å². The molecule has 0 aromatic heterocycles. The third kappa shape index (κ3) is 5.95. The molecule has 0 radical (unpaired) electrons. The molecule has 0 N–H and O–H groups in total. The number of amides is 2. The summed E-state index contributed by atoms with van der Waals surface area (Å²) in [6, 6.07) is -0.451. The van der Waals surface area contributed by atoms with E-state index in [1.165, 1.54) is 6.26 Å². The SMILES string of the molecule is C[C@@H]1C[C@H](N(C(=O)OC(C)(C)C)C(=O)OC(C)(C)C)C=CO1. The van der Waals surface area contributed by atoms with E-state index in [9.17, 15) is 9.59 Å². The average Bonchev–Trinajstić information content (AvgIpc) is 2.23. The molecule has 6 heteroatoms. The van der Waals surface area contributed by atoms with Crippen LogP contribution in [0.5, 0.6) is 0 Å². The van der Waals surface area contributed by atoms with Crippen molar-refractivity contribution >= 4 is 12.2 Å². The first-order valence-corrected chi connectivity index (χ1v) is 7.46. The largest absolute Gasteiger partial charge is 0.498 e. The maximum absolute atomic E-state index is 12.4. The van der Waals surface area contributed by atoms with Crippen LogP contribution < -0.4 is 0 Å². The van der Waals surface area contributed by atoms with Gasteiger partial charge in [0, 0.05) is 6.42 Å². The van der Waals surface area contributed by atoms with Gasteiger partial charge in [0.25, 0.3) is 0 Å². The van der Waals surface area contributed by atoms with Crippen molar-refractivity contribution < 1.29 is 23.8 Å². The Morgan fingerprint density at radius 1 is 1.05 bits per heavy atom. The summed E-state index contributed by atoms with van der Waals surface area (Å²) >= 11 is 0. The van der Waals surface area contributed by atoms with Gasteiger partial charge in [0.2, 0.25) is 0 Å². The highest BCUT2D eigenvalue weighted by Gasteiger charge is 2.37. The van der Waals surface area contributed by atoms with E-state index in [1.54, 1.807) is 47.6 Å². The van der Waals surface area contributed by atoms with Crippen molar-refractivity contribution in [3.8, 4) is 0 Å². The number of hydrogen-bond acceptors (Lipinski definition) is 5. The number of carbonyl (C=O) groups is 2. The van der Waals surface area contributed by atoms with Gasteiger partial charge in [-0.15, -0.1) is 0 Å². The maximum atomic E-state index is 12.4. The number of nitrogens with zero attached hydrogens (tertiary/aromatic N) is 1. The lowest BCUT2D eigenvalue weighted by atomic mass is 10.1. The monoisotopic (exact) mass is 313 g/mol. The van der Waals surface area contributed by atoms with Gasteiger partial charge < -0.3 is 14.2 Å². The highest BCUT2D eigenvalue weighted by atomic mass is 16.6. The minimum atomic E-state index is -0.717. The van der Waals surface area contributed by atoms with E-state index in [2.05, 4.69) is 0 Å². The second kappa shape index (κ2) is 6.58. The lowest BCUT2D eigenvalue weighted by Crippen LogP contribution is -2.49. The lowest BCUT2D eigenvalue weighted by Gasteiger charge is -2.34. The molecule has 22 heavy (non-hydrogen) atoms. The highest BCUT2D eigenvalue weighted by molar-refractivity contribution is 5.89. The third-order valence-corrected chi connectivity index (χ3v) is 2.70. The molecule has 0 unspecified atom stereocenters. The summed E-state index contributed by atoms with van der Waals surface area (Å²) in [4.78, 5) is 25.9. The van der Waals surface area contributed by atoms with Crippen LogP contribution in [0, 0.1) is 0 Å². The zero-order valence-electron chi connectivity index (χ0n) is 14.5. The van der Waals surface area contributed by atoms with Crippen LogP contribution in [0.1, 0.15) is 54.9 Å². The van der Waals surface area contributed by atoms with E-state index in [0.717, 1.165) is 4.90 Å². The van der Waals surface area contributed by atoms with Gasteiger partial charge in [0.05, 0.1) is 18.4 Å². The fraction of sp³-hybridized carbons (Fsp3) is 0.750. The van der Waals surface area contributed by atoms with Crippen molar-refractivity contribution in [1.82, 2.24) is 4.90 Å². The third-order valence-electron chi connectivity index (χ3n) is 2.70. The molecule has 0 aromatic carbocycles. The van der Waals surface area contributed by atoms with Crippen LogP contribution in [0.2, 0.25) is 0 Å². The summed E-state index contributed by atoms with van der Waals surface area (Å²) in [5.41, 5.74) is -1.39. The first-order chi connectivity index (χ1) is 9.89. The topological polar surface area (TPSA) is 65.1 Å². The maximum Gasteiger partial charge on any atom is 0.420 e. The van der Waals surface area contributed by atoms with Crippen LogP contribution in [0.4, 0.5) is 9.59 Å².